The maximum atomic E-state index is 11.3. The fraction of sp³-hybridized carbons (Fsp3) is 0.357. The van der Waals surface area contributed by atoms with E-state index in [9.17, 15) is 8.42 Å². The maximum Gasteiger partial charge on any atom is 0.261 e. The summed E-state index contributed by atoms with van der Waals surface area (Å²) in [6.45, 7) is 6.88. The van der Waals surface area contributed by atoms with Crippen molar-refractivity contribution in [2.45, 2.75) is 38.8 Å². The average molecular weight is 329 g/mol. The molecular formula is C14H17ClN2O3S. The monoisotopic (exact) mass is 328 g/mol. The molecule has 0 fully saturated rings. The standard InChI is InChI=1S/C14H17ClN2O3S/c1-4-17-12(8-11(3)16-17)9-20-14-6-5-13(7-10(14)2)21(15,18)19/h5-8H,4,9H2,1-3H3. The van der Waals surface area contributed by atoms with Crippen LogP contribution < -0.4 is 4.74 Å². The van der Waals surface area contributed by atoms with E-state index >= 15 is 0 Å². The fourth-order valence-corrected chi connectivity index (χ4v) is 2.91. The number of ether oxygens (including phenoxy) is 1. The summed E-state index contributed by atoms with van der Waals surface area (Å²) < 4.78 is 30.2. The van der Waals surface area contributed by atoms with Crippen molar-refractivity contribution in [1.82, 2.24) is 9.78 Å². The van der Waals surface area contributed by atoms with E-state index in [2.05, 4.69) is 5.10 Å². The van der Waals surface area contributed by atoms with Crippen molar-refractivity contribution >= 4 is 19.7 Å². The van der Waals surface area contributed by atoms with E-state index in [1.54, 1.807) is 13.0 Å². The highest BCUT2D eigenvalue weighted by atomic mass is 35.7. The van der Waals surface area contributed by atoms with Crippen LogP contribution in [-0.2, 0) is 22.2 Å². The third kappa shape index (κ3) is 3.77. The highest BCUT2D eigenvalue weighted by molar-refractivity contribution is 8.13. The SMILES string of the molecule is CCn1nc(C)cc1COc1ccc(S(=O)(=O)Cl)cc1C. The van der Waals surface area contributed by atoms with E-state index in [1.807, 2.05) is 24.6 Å². The topological polar surface area (TPSA) is 61.2 Å². The van der Waals surface area contributed by atoms with Gasteiger partial charge >= 0.3 is 0 Å². The molecule has 0 aliphatic heterocycles. The summed E-state index contributed by atoms with van der Waals surface area (Å²) in [7, 11) is 1.60. The number of hydrogen-bond acceptors (Lipinski definition) is 4. The first-order chi connectivity index (χ1) is 9.81. The van der Waals surface area contributed by atoms with Crippen LogP contribution in [0, 0.1) is 13.8 Å². The second kappa shape index (κ2) is 6.07. The van der Waals surface area contributed by atoms with Gasteiger partial charge < -0.3 is 4.74 Å². The lowest BCUT2D eigenvalue weighted by atomic mass is 10.2. The van der Waals surface area contributed by atoms with Gasteiger partial charge in [0.1, 0.15) is 12.4 Å². The van der Waals surface area contributed by atoms with Gasteiger partial charge in [-0.05, 0) is 50.6 Å². The van der Waals surface area contributed by atoms with Crippen molar-refractivity contribution in [3.63, 3.8) is 0 Å². The number of benzene rings is 1. The van der Waals surface area contributed by atoms with Gasteiger partial charge in [-0.2, -0.15) is 5.10 Å². The Labute approximate surface area is 128 Å². The number of aromatic nitrogens is 2. The summed E-state index contributed by atoms with van der Waals surface area (Å²) >= 11 is 0. The Bertz CT molecular complexity index is 754. The van der Waals surface area contributed by atoms with Crippen LogP contribution in [0.15, 0.2) is 29.2 Å². The van der Waals surface area contributed by atoms with Crippen LogP contribution in [0.3, 0.4) is 0 Å². The predicted octanol–water partition coefficient (Wildman–Crippen LogP) is 3.03. The molecule has 0 radical (unpaired) electrons. The highest BCUT2D eigenvalue weighted by Crippen LogP contribution is 2.24. The van der Waals surface area contributed by atoms with E-state index in [0.29, 0.717) is 12.4 Å². The molecule has 0 spiro atoms. The Kier molecular flexibility index (Phi) is 4.58. The van der Waals surface area contributed by atoms with E-state index in [-0.39, 0.29) is 4.90 Å². The molecule has 0 atom stereocenters. The molecule has 2 rings (SSSR count). The smallest absolute Gasteiger partial charge is 0.261 e. The molecule has 7 heteroatoms. The molecule has 0 bridgehead atoms. The van der Waals surface area contributed by atoms with Crippen LogP contribution in [-0.4, -0.2) is 18.2 Å². The molecule has 0 saturated heterocycles. The predicted molar refractivity (Wildman–Crippen MR) is 81.2 cm³/mol. The van der Waals surface area contributed by atoms with Gasteiger partial charge in [-0.25, -0.2) is 8.42 Å². The molecule has 114 valence electrons. The molecule has 21 heavy (non-hydrogen) atoms. The zero-order chi connectivity index (χ0) is 15.6. The number of nitrogens with zero attached hydrogens (tertiary/aromatic N) is 2. The largest absolute Gasteiger partial charge is 0.487 e. The molecule has 0 amide bonds. The molecule has 0 aliphatic rings. The van der Waals surface area contributed by atoms with Crippen molar-refractivity contribution in [3.8, 4) is 5.75 Å². The molecule has 1 heterocycles. The number of halogens is 1. The lowest BCUT2D eigenvalue weighted by Crippen LogP contribution is -2.06. The van der Waals surface area contributed by atoms with Gasteiger partial charge in [0.25, 0.3) is 9.05 Å². The summed E-state index contributed by atoms with van der Waals surface area (Å²) in [6, 6.07) is 6.52. The molecule has 0 aliphatic carbocycles. The highest BCUT2D eigenvalue weighted by Gasteiger charge is 2.12. The minimum absolute atomic E-state index is 0.0726. The van der Waals surface area contributed by atoms with E-state index in [0.717, 1.165) is 23.5 Å². The summed E-state index contributed by atoms with van der Waals surface area (Å²) in [6.07, 6.45) is 0. The molecule has 0 N–H and O–H groups in total. The van der Waals surface area contributed by atoms with Gasteiger partial charge in [0.2, 0.25) is 0 Å². The first-order valence-corrected chi connectivity index (χ1v) is 8.83. The molecule has 5 nitrogen and oxygen atoms in total. The Morgan fingerprint density at radius 3 is 2.57 bits per heavy atom. The molecule has 0 saturated carbocycles. The molecular weight excluding hydrogens is 312 g/mol. The number of rotatable bonds is 5. The van der Waals surface area contributed by atoms with Gasteiger partial charge in [-0.1, -0.05) is 0 Å². The normalized spacial score (nSPS) is 11.6. The van der Waals surface area contributed by atoms with Crippen molar-refractivity contribution < 1.29 is 13.2 Å². The van der Waals surface area contributed by atoms with E-state index in [4.69, 9.17) is 15.4 Å². The van der Waals surface area contributed by atoms with Crippen LogP contribution in [0.5, 0.6) is 5.75 Å². The van der Waals surface area contributed by atoms with Crippen LogP contribution in [0.2, 0.25) is 0 Å². The summed E-state index contributed by atoms with van der Waals surface area (Å²) in [5.74, 6) is 0.626. The van der Waals surface area contributed by atoms with Crippen molar-refractivity contribution in [1.29, 1.82) is 0 Å². The maximum absolute atomic E-state index is 11.3. The van der Waals surface area contributed by atoms with Gasteiger partial charge in [-0.3, -0.25) is 4.68 Å². The number of hydrogen-bond donors (Lipinski definition) is 0. The average Bonchev–Trinajstić information content (AvgIpc) is 2.76. The van der Waals surface area contributed by atoms with Crippen LogP contribution in [0.1, 0.15) is 23.9 Å². The zero-order valence-corrected chi connectivity index (χ0v) is 13.7. The fourth-order valence-electron chi connectivity index (χ4n) is 2.08. The van der Waals surface area contributed by atoms with Gasteiger partial charge in [0.05, 0.1) is 16.3 Å². The minimum atomic E-state index is -3.71. The van der Waals surface area contributed by atoms with E-state index in [1.165, 1.54) is 12.1 Å². The van der Waals surface area contributed by atoms with Gasteiger partial charge in [0, 0.05) is 17.2 Å². The summed E-state index contributed by atoms with van der Waals surface area (Å²) in [4.78, 5) is 0.0726. The molecule has 0 unspecified atom stereocenters. The second-order valence-corrected chi connectivity index (χ2v) is 7.31. The Hall–Kier alpha value is -1.53. The molecule has 2 aromatic rings. The third-order valence-electron chi connectivity index (χ3n) is 3.09. The summed E-state index contributed by atoms with van der Waals surface area (Å²) in [5.41, 5.74) is 2.63. The van der Waals surface area contributed by atoms with Crippen LogP contribution >= 0.6 is 10.7 Å². The van der Waals surface area contributed by atoms with Gasteiger partial charge in [-0.15, -0.1) is 0 Å². The van der Waals surface area contributed by atoms with Crippen molar-refractivity contribution in [3.05, 3.63) is 41.2 Å². The zero-order valence-electron chi connectivity index (χ0n) is 12.1. The number of aryl methyl sites for hydroxylation is 3. The Morgan fingerprint density at radius 1 is 1.29 bits per heavy atom. The molecule has 1 aromatic heterocycles. The molecule has 1 aromatic carbocycles. The van der Waals surface area contributed by atoms with Crippen molar-refractivity contribution in [2.24, 2.45) is 0 Å². The Morgan fingerprint density at radius 2 is 2.00 bits per heavy atom. The Balaban J connectivity index is 2.17. The summed E-state index contributed by atoms with van der Waals surface area (Å²) in [5, 5.41) is 4.35. The van der Waals surface area contributed by atoms with E-state index < -0.39 is 9.05 Å². The third-order valence-corrected chi connectivity index (χ3v) is 4.44. The minimum Gasteiger partial charge on any atom is -0.487 e. The first kappa shape index (κ1) is 15.9. The van der Waals surface area contributed by atoms with Crippen LogP contribution in [0.4, 0.5) is 0 Å². The van der Waals surface area contributed by atoms with Gasteiger partial charge in [0.15, 0.2) is 0 Å². The van der Waals surface area contributed by atoms with Crippen molar-refractivity contribution in [2.75, 3.05) is 0 Å². The van der Waals surface area contributed by atoms with Crippen LogP contribution in [0.25, 0.3) is 0 Å². The quantitative estimate of drug-likeness (QED) is 0.791. The lowest BCUT2D eigenvalue weighted by molar-refractivity contribution is 0.290. The first-order valence-electron chi connectivity index (χ1n) is 6.52. The lowest BCUT2D eigenvalue weighted by Gasteiger charge is -2.10. The second-order valence-electron chi connectivity index (χ2n) is 4.75.